The molecule has 3 rings (SSSR count). The second-order valence-corrected chi connectivity index (χ2v) is 6.37. The third-order valence-electron chi connectivity index (χ3n) is 4.64. The highest BCUT2D eigenvalue weighted by molar-refractivity contribution is 5.56. The van der Waals surface area contributed by atoms with E-state index in [4.69, 9.17) is 9.72 Å². The molecule has 21 heavy (non-hydrogen) atoms. The van der Waals surface area contributed by atoms with Gasteiger partial charge in [-0.25, -0.2) is 4.98 Å². The van der Waals surface area contributed by atoms with Crippen LogP contribution < -0.4 is 10.2 Å². The van der Waals surface area contributed by atoms with Gasteiger partial charge < -0.3 is 15.0 Å². The predicted octanol–water partition coefficient (Wildman–Crippen LogP) is 2.29. The minimum atomic E-state index is 0.267. The lowest BCUT2D eigenvalue weighted by molar-refractivity contribution is 0.0651. The molecule has 0 aromatic carbocycles. The number of aromatic nitrogens is 1. The molecule has 1 fully saturated rings. The van der Waals surface area contributed by atoms with Crippen molar-refractivity contribution in [3.8, 4) is 0 Å². The van der Waals surface area contributed by atoms with E-state index in [0.717, 1.165) is 32.5 Å². The average molecular weight is 289 g/mol. The average Bonchev–Trinajstić information content (AvgIpc) is 2.51. The third kappa shape index (κ3) is 2.92. The second kappa shape index (κ2) is 6.32. The van der Waals surface area contributed by atoms with E-state index in [1.807, 2.05) is 6.20 Å². The van der Waals surface area contributed by atoms with Crippen LogP contribution in [0, 0.1) is 0 Å². The summed E-state index contributed by atoms with van der Waals surface area (Å²) in [4.78, 5) is 7.32. The Kier molecular flexibility index (Phi) is 4.45. The van der Waals surface area contributed by atoms with E-state index in [0.29, 0.717) is 12.6 Å². The highest BCUT2D eigenvalue weighted by Gasteiger charge is 2.31. The smallest absolute Gasteiger partial charge is 0.132 e. The number of ether oxygens (including phenoxy) is 1. The number of rotatable bonds is 4. The van der Waals surface area contributed by atoms with Crippen molar-refractivity contribution in [1.82, 2.24) is 10.3 Å². The molecular formula is C17H27N3O. The van der Waals surface area contributed by atoms with E-state index in [1.54, 1.807) is 0 Å². The summed E-state index contributed by atoms with van der Waals surface area (Å²) in [5.41, 5.74) is 4.22. The van der Waals surface area contributed by atoms with E-state index in [1.165, 1.54) is 28.9 Å². The van der Waals surface area contributed by atoms with E-state index in [9.17, 15) is 0 Å². The Balaban J connectivity index is 1.91. The number of hydrogen-bond donors (Lipinski definition) is 1. The van der Waals surface area contributed by atoms with Gasteiger partial charge in [-0.05, 0) is 49.8 Å². The summed E-state index contributed by atoms with van der Waals surface area (Å²) in [6.45, 7) is 10.4. The molecule has 1 saturated heterocycles. The van der Waals surface area contributed by atoms with Crippen LogP contribution in [-0.2, 0) is 24.2 Å². The molecular weight excluding hydrogens is 262 g/mol. The van der Waals surface area contributed by atoms with E-state index >= 15 is 0 Å². The van der Waals surface area contributed by atoms with Crippen LogP contribution in [0.4, 0.5) is 5.82 Å². The number of pyridine rings is 1. The number of fused-ring (bicyclic) bond motifs is 3. The van der Waals surface area contributed by atoms with Crippen LogP contribution in [0.5, 0.6) is 0 Å². The lowest BCUT2D eigenvalue weighted by Gasteiger charge is -2.42. The SMILES string of the molecule is CCc1c(COC(C)C)cnc2c1CC[C@@H]1CNCCN21. The summed E-state index contributed by atoms with van der Waals surface area (Å²) in [5, 5.41) is 3.50. The highest BCUT2D eigenvalue weighted by Crippen LogP contribution is 2.33. The zero-order chi connectivity index (χ0) is 14.8. The summed E-state index contributed by atoms with van der Waals surface area (Å²) < 4.78 is 5.80. The quantitative estimate of drug-likeness (QED) is 0.923. The Morgan fingerprint density at radius 1 is 1.48 bits per heavy atom. The first kappa shape index (κ1) is 14.8. The summed E-state index contributed by atoms with van der Waals surface area (Å²) in [5.74, 6) is 1.23. The van der Waals surface area contributed by atoms with Crippen molar-refractivity contribution >= 4 is 5.82 Å². The van der Waals surface area contributed by atoms with Gasteiger partial charge >= 0.3 is 0 Å². The van der Waals surface area contributed by atoms with Gasteiger partial charge in [-0.15, -0.1) is 0 Å². The van der Waals surface area contributed by atoms with Gasteiger partial charge in [0, 0.05) is 31.9 Å². The maximum absolute atomic E-state index is 5.80. The van der Waals surface area contributed by atoms with Gasteiger partial charge in [0.05, 0.1) is 12.7 Å². The minimum Gasteiger partial charge on any atom is -0.374 e. The molecule has 0 radical (unpaired) electrons. The summed E-state index contributed by atoms with van der Waals surface area (Å²) in [6, 6.07) is 0.626. The van der Waals surface area contributed by atoms with Gasteiger partial charge in [0.1, 0.15) is 5.82 Å². The topological polar surface area (TPSA) is 37.4 Å². The van der Waals surface area contributed by atoms with Crippen LogP contribution in [0.3, 0.4) is 0 Å². The molecule has 0 aliphatic carbocycles. The summed E-state index contributed by atoms with van der Waals surface area (Å²) in [7, 11) is 0. The lowest BCUT2D eigenvalue weighted by Crippen LogP contribution is -2.53. The monoisotopic (exact) mass is 289 g/mol. The molecule has 1 aromatic rings. The molecule has 4 heteroatoms. The van der Waals surface area contributed by atoms with Crippen molar-refractivity contribution in [2.24, 2.45) is 0 Å². The first-order valence-corrected chi connectivity index (χ1v) is 8.29. The minimum absolute atomic E-state index is 0.267. The second-order valence-electron chi connectivity index (χ2n) is 6.37. The maximum Gasteiger partial charge on any atom is 0.132 e. The Bertz CT molecular complexity index is 501. The van der Waals surface area contributed by atoms with Crippen LogP contribution in [0.2, 0.25) is 0 Å². The molecule has 1 atom stereocenters. The van der Waals surface area contributed by atoms with Crippen LogP contribution in [0.15, 0.2) is 6.20 Å². The molecule has 0 spiro atoms. The zero-order valence-corrected chi connectivity index (χ0v) is 13.5. The number of nitrogens with one attached hydrogen (secondary N) is 1. The van der Waals surface area contributed by atoms with Crippen LogP contribution in [-0.4, -0.2) is 36.8 Å². The molecule has 4 nitrogen and oxygen atoms in total. The van der Waals surface area contributed by atoms with Crippen molar-refractivity contribution in [3.63, 3.8) is 0 Å². The number of nitrogens with zero attached hydrogens (tertiary/aromatic N) is 2. The van der Waals surface area contributed by atoms with Gasteiger partial charge in [-0.3, -0.25) is 0 Å². The summed E-state index contributed by atoms with van der Waals surface area (Å²) in [6.07, 6.45) is 5.78. The number of piperazine rings is 1. The lowest BCUT2D eigenvalue weighted by atomic mass is 9.91. The van der Waals surface area contributed by atoms with Gasteiger partial charge in [0.25, 0.3) is 0 Å². The summed E-state index contributed by atoms with van der Waals surface area (Å²) >= 11 is 0. The molecule has 0 amide bonds. The standard InChI is InChI=1S/C17H27N3O/c1-4-15-13(11-21-12(2)3)9-19-17-16(15)6-5-14-10-18-7-8-20(14)17/h9,12,14,18H,4-8,10-11H2,1-3H3/t14-/m1/s1. The zero-order valence-electron chi connectivity index (χ0n) is 13.5. The predicted molar refractivity (Wildman–Crippen MR) is 85.9 cm³/mol. The fourth-order valence-electron chi connectivity index (χ4n) is 3.56. The molecule has 0 bridgehead atoms. The number of hydrogen-bond acceptors (Lipinski definition) is 4. The van der Waals surface area contributed by atoms with Gasteiger partial charge in [0.2, 0.25) is 0 Å². The molecule has 3 heterocycles. The first-order valence-electron chi connectivity index (χ1n) is 8.29. The highest BCUT2D eigenvalue weighted by atomic mass is 16.5. The van der Waals surface area contributed by atoms with E-state index in [2.05, 4.69) is 31.0 Å². The largest absolute Gasteiger partial charge is 0.374 e. The fraction of sp³-hybridized carbons (Fsp3) is 0.706. The fourth-order valence-corrected chi connectivity index (χ4v) is 3.56. The molecule has 116 valence electrons. The number of anilines is 1. The van der Waals surface area contributed by atoms with Gasteiger partial charge in [-0.1, -0.05) is 6.92 Å². The Morgan fingerprint density at radius 3 is 3.10 bits per heavy atom. The van der Waals surface area contributed by atoms with Crippen molar-refractivity contribution in [2.75, 3.05) is 24.5 Å². The van der Waals surface area contributed by atoms with Crippen LogP contribution >= 0.6 is 0 Å². The van der Waals surface area contributed by atoms with Crippen molar-refractivity contribution < 1.29 is 4.74 Å². The van der Waals surface area contributed by atoms with Crippen molar-refractivity contribution in [3.05, 3.63) is 22.9 Å². The molecule has 0 saturated carbocycles. The molecule has 0 unspecified atom stereocenters. The van der Waals surface area contributed by atoms with Crippen molar-refractivity contribution in [2.45, 2.75) is 58.8 Å². The third-order valence-corrected chi connectivity index (χ3v) is 4.64. The van der Waals surface area contributed by atoms with Crippen molar-refractivity contribution in [1.29, 1.82) is 0 Å². The Morgan fingerprint density at radius 2 is 2.33 bits per heavy atom. The first-order chi connectivity index (χ1) is 10.2. The molecule has 2 aliphatic heterocycles. The van der Waals surface area contributed by atoms with E-state index < -0.39 is 0 Å². The Hall–Kier alpha value is -1.13. The maximum atomic E-state index is 5.80. The van der Waals surface area contributed by atoms with Gasteiger partial charge in [-0.2, -0.15) is 0 Å². The molecule has 1 N–H and O–H groups in total. The van der Waals surface area contributed by atoms with Crippen LogP contribution in [0.25, 0.3) is 0 Å². The van der Waals surface area contributed by atoms with E-state index in [-0.39, 0.29) is 6.10 Å². The molecule has 1 aromatic heterocycles. The molecule has 2 aliphatic rings. The normalized spacial score (nSPS) is 21.3. The Labute approximate surface area is 127 Å². The van der Waals surface area contributed by atoms with Gasteiger partial charge in [0.15, 0.2) is 0 Å². The van der Waals surface area contributed by atoms with Crippen LogP contribution in [0.1, 0.15) is 43.9 Å².